The third-order valence-corrected chi connectivity index (χ3v) is 6.28. The van der Waals surface area contributed by atoms with Crippen LogP contribution in [-0.4, -0.2) is 63.9 Å². The Morgan fingerprint density at radius 3 is 2.57 bits per heavy atom. The van der Waals surface area contributed by atoms with Gasteiger partial charge in [-0.3, -0.25) is 14.5 Å². The topological polar surface area (TPSA) is 70.5 Å². The van der Waals surface area contributed by atoms with Gasteiger partial charge in [0.25, 0.3) is 5.91 Å². The Labute approximate surface area is 178 Å². The van der Waals surface area contributed by atoms with Gasteiger partial charge in [-0.05, 0) is 11.5 Å². The van der Waals surface area contributed by atoms with Crippen LogP contribution in [0, 0.1) is 17.3 Å². The van der Waals surface area contributed by atoms with Crippen LogP contribution in [0.2, 0.25) is 0 Å². The van der Waals surface area contributed by atoms with E-state index in [9.17, 15) is 9.59 Å². The van der Waals surface area contributed by atoms with E-state index in [1.165, 1.54) is 5.56 Å². The molecule has 2 amide bonds. The average Bonchev–Trinajstić information content (AvgIpc) is 3.29. The predicted octanol–water partition coefficient (Wildman–Crippen LogP) is 1.77. The van der Waals surface area contributed by atoms with Crippen molar-refractivity contribution in [2.24, 2.45) is 24.3 Å². The van der Waals surface area contributed by atoms with E-state index < -0.39 is 0 Å². The number of hydrogen-bond acceptors (Lipinski definition) is 4. The minimum Gasteiger partial charge on any atom is -0.356 e. The maximum absolute atomic E-state index is 13.1. The number of benzene rings is 1. The summed E-state index contributed by atoms with van der Waals surface area (Å²) in [6.45, 7) is 8.46. The summed E-state index contributed by atoms with van der Waals surface area (Å²) in [6, 6.07) is 10.4. The smallest absolute Gasteiger partial charge is 0.289 e. The summed E-state index contributed by atoms with van der Waals surface area (Å²) in [5, 5.41) is 3.13. The van der Waals surface area contributed by atoms with Crippen molar-refractivity contribution >= 4 is 11.8 Å². The molecule has 1 unspecified atom stereocenters. The number of imidazole rings is 1. The number of carbonyl (C=O) groups excluding carboxylic acids is 2. The molecule has 4 rings (SSSR count). The number of nitrogens with one attached hydrogen (secondary N) is 1. The Kier molecular flexibility index (Phi) is 5.64. The first-order chi connectivity index (χ1) is 14.4. The molecule has 2 aliphatic heterocycles. The number of aromatic nitrogens is 2. The van der Waals surface area contributed by atoms with Crippen molar-refractivity contribution in [3.05, 3.63) is 54.1 Å². The van der Waals surface area contributed by atoms with Gasteiger partial charge in [-0.25, -0.2) is 4.98 Å². The molecule has 1 atom stereocenters. The number of rotatable bonds is 6. The maximum Gasteiger partial charge on any atom is 0.289 e. The molecule has 7 heteroatoms. The van der Waals surface area contributed by atoms with Crippen molar-refractivity contribution in [1.82, 2.24) is 24.7 Å². The summed E-state index contributed by atoms with van der Waals surface area (Å²) in [6.07, 6.45) is 3.42. The molecular weight excluding hydrogens is 378 g/mol. The zero-order valence-electron chi connectivity index (χ0n) is 18.0. The van der Waals surface area contributed by atoms with E-state index >= 15 is 0 Å². The quantitative estimate of drug-likeness (QED) is 0.789. The summed E-state index contributed by atoms with van der Waals surface area (Å²) in [4.78, 5) is 34.3. The third-order valence-electron chi connectivity index (χ3n) is 6.28. The fourth-order valence-corrected chi connectivity index (χ4v) is 4.71. The van der Waals surface area contributed by atoms with Crippen LogP contribution in [-0.2, 0) is 18.4 Å². The van der Waals surface area contributed by atoms with Gasteiger partial charge in [0.05, 0.1) is 5.92 Å². The average molecular weight is 410 g/mol. The monoisotopic (exact) mass is 409 g/mol. The molecule has 30 heavy (non-hydrogen) atoms. The zero-order chi connectivity index (χ0) is 21.3. The van der Waals surface area contributed by atoms with E-state index in [-0.39, 0.29) is 23.1 Å². The van der Waals surface area contributed by atoms with Crippen molar-refractivity contribution in [1.29, 1.82) is 0 Å². The van der Waals surface area contributed by atoms with E-state index in [0.29, 0.717) is 31.4 Å². The molecule has 0 radical (unpaired) electrons. The SMILES string of the molecule is CC(C)CNC(=O)C1CN(Cc2ccccc2)CC12CN(C(=O)c1nccn1C)C2. The van der Waals surface area contributed by atoms with E-state index in [1.54, 1.807) is 17.0 Å². The summed E-state index contributed by atoms with van der Waals surface area (Å²) >= 11 is 0. The highest BCUT2D eigenvalue weighted by Crippen LogP contribution is 2.45. The Balaban J connectivity index is 1.48. The van der Waals surface area contributed by atoms with Crippen LogP contribution in [0.25, 0.3) is 0 Å². The third kappa shape index (κ3) is 3.99. The Bertz CT molecular complexity index is 901. The number of nitrogens with zero attached hydrogens (tertiary/aromatic N) is 4. The first-order valence-corrected chi connectivity index (χ1v) is 10.7. The molecule has 1 aromatic heterocycles. The van der Waals surface area contributed by atoms with Gasteiger partial charge in [0.2, 0.25) is 5.91 Å². The van der Waals surface area contributed by atoms with Crippen LogP contribution in [0.1, 0.15) is 30.0 Å². The lowest BCUT2D eigenvalue weighted by molar-refractivity contribution is -0.131. The maximum atomic E-state index is 13.1. The van der Waals surface area contributed by atoms with Crippen molar-refractivity contribution in [3.63, 3.8) is 0 Å². The predicted molar refractivity (Wildman–Crippen MR) is 115 cm³/mol. The number of carbonyl (C=O) groups is 2. The fraction of sp³-hybridized carbons (Fsp3) is 0.522. The highest BCUT2D eigenvalue weighted by molar-refractivity contribution is 5.92. The fourth-order valence-electron chi connectivity index (χ4n) is 4.71. The van der Waals surface area contributed by atoms with Gasteiger partial charge in [0.15, 0.2) is 5.82 Å². The number of amides is 2. The lowest BCUT2D eigenvalue weighted by atomic mass is 9.71. The lowest BCUT2D eigenvalue weighted by Gasteiger charge is -2.50. The molecule has 2 fully saturated rings. The van der Waals surface area contributed by atoms with Gasteiger partial charge >= 0.3 is 0 Å². The summed E-state index contributed by atoms with van der Waals surface area (Å²) < 4.78 is 1.75. The van der Waals surface area contributed by atoms with Crippen LogP contribution >= 0.6 is 0 Å². The molecule has 0 aliphatic carbocycles. The van der Waals surface area contributed by atoms with Crippen molar-refractivity contribution < 1.29 is 9.59 Å². The number of aryl methyl sites for hydroxylation is 1. The van der Waals surface area contributed by atoms with Crippen LogP contribution in [0.4, 0.5) is 0 Å². The first-order valence-electron chi connectivity index (χ1n) is 10.7. The van der Waals surface area contributed by atoms with Gasteiger partial charge in [-0.15, -0.1) is 0 Å². The Morgan fingerprint density at radius 1 is 1.20 bits per heavy atom. The number of hydrogen-bond donors (Lipinski definition) is 1. The lowest BCUT2D eigenvalue weighted by Crippen LogP contribution is -2.64. The minimum atomic E-state index is -0.184. The second-order valence-corrected chi connectivity index (χ2v) is 9.23. The van der Waals surface area contributed by atoms with Gasteiger partial charge < -0.3 is 14.8 Å². The molecule has 0 bridgehead atoms. The van der Waals surface area contributed by atoms with Crippen molar-refractivity contribution in [2.75, 3.05) is 32.7 Å². The van der Waals surface area contributed by atoms with Crippen LogP contribution in [0.3, 0.4) is 0 Å². The zero-order valence-corrected chi connectivity index (χ0v) is 18.0. The standard InChI is InChI=1S/C23H31N5O2/c1-17(2)11-25-21(29)19-13-27(12-18-7-5-4-6-8-18)14-23(19)15-28(16-23)22(30)20-24-9-10-26(20)3/h4-10,17,19H,11-16H2,1-3H3,(H,25,29). The van der Waals surface area contributed by atoms with Crippen LogP contribution < -0.4 is 5.32 Å². The molecule has 7 nitrogen and oxygen atoms in total. The van der Waals surface area contributed by atoms with E-state index in [4.69, 9.17) is 0 Å². The highest BCUT2D eigenvalue weighted by Gasteiger charge is 2.58. The second kappa shape index (κ2) is 8.22. The molecule has 0 saturated carbocycles. The summed E-state index contributed by atoms with van der Waals surface area (Å²) in [5.41, 5.74) is 1.06. The largest absolute Gasteiger partial charge is 0.356 e. The van der Waals surface area contributed by atoms with Gasteiger partial charge in [0, 0.05) is 64.1 Å². The molecule has 2 aromatic rings. The first kappa shape index (κ1) is 20.6. The van der Waals surface area contributed by atoms with Gasteiger partial charge in [0.1, 0.15) is 0 Å². The second-order valence-electron chi connectivity index (χ2n) is 9.23. The molecule has 1 aromatic carbocycles. The van der Waals surface area contributed by atoms with Crippen molar-refractivity contribution in [3.8, 4) is 0 Å². The van der Waals surface area contributed by atoms with E-state index in [2.05, 4.69) is 41.2 Å². The van der Waals surface area contributed by atoms with E-state index in [0.717, 1.165) is 19.6 Å². The van der Waals surface area contributed by atoms with Crippen LogP contribution in [0.5, 0.6) is 0 Å². The van der Waals surface area contributed by atoms with Crippen LogP contribution in [0.15, 0.2) is 42.7 Å². The molecule has 2 saturated heterocycles. The summed E-state index contributed by atoms with van der Waals surface area (Å²) in [7, 11) is 1.83. The molecule has 1 spiro atoms. The molecule has 1 N–H and O–H groups in total. The number of likely N-dealkylation sites (tertiary alicyclic amines) is 2. The highest BCUT2D eigenvalue weighted by atomic mass is 16.2. The minimum absolute atomic E-state index is 0.0593. The van der Waals surface area contributed by atoms with Crippen molar-refractivity contribution in [2.45, 2.75) is 20.4 Å². The normalized spacial score (nSPS) is 20.5. The Hall–Kier alpha value is -2.67. The molecule has 160 valence electrons. The molecular formula is C23H31N5O2. The van der Waals surface area contributed by atoms with Gasteiger partial charge in [-0.1, -0.05) is 44.2 Å². The summed E-state index contributed by atoms with van der Waals surface area (Å²) in [5.74, 6) is 0.809. The molecule has 3 heterocycles. The van der Waals surface area contributed by atoms with E-state index in [1.807, 2.05) is 30.1 Å². The Morgan fingerprint density at radius 2 is 1.93 bits per heavy atom. The van der Waals surface area contributed by atoms with Gasteiger partial charge in [-0.2, -0.15) is 0 Å². The molecule has 2 aliphatic rings.